The number of aryl methyl sites for hydroxylation is 1. The zero-order chi connectivity index (χ0) is 24.8. The minimum Gasteiger partial charge on any atom is -0.490 e. The lowest BCUT2D eigenvalue weighted by Gasteiger charge is -2.13. The molecule has 4 rings (SSSR count). The van der Waals surface area contributed by atoms with E-state index < -0.39 is 4.92 Å². The first-order valence-corrected chi connectivity index (χ1v) is 11.7. The Morgan fingerprint density at radius 2 is 1.86 bits per heavy atom. The lowest BCUT2D eigenvalue weighted by atomic mass is 10.1. The number of aliphatic imine (C=N–C) groups is 1. The second-order valence-electron chi connectivity index (χ2n) is 7.67. The molecule has 0 aliphatic carbocycles. The number of hydrogen-bond acceptors (Lipinski definition) is 7. The van der Waals surface area contributed by atoms with Crippen molar-refractivity contribution in [2.75, 3.05) is 6.61 Å². The van der Waals surface area contributed by atoms with Gasteiger partial charge >= 0.3 is 0 Å². The van der Waals surface area contributed by atoms with Crippen LogP contribution in [0.15, 0.2) is 76.6 Å². The molecular formula is C26H23N3O5S. The predicted molar refractivity (Wildman–Crippen MR) is 137 cm³/mol. The molecule has 3 aromatic carbocycles. The number of nitro groups is 1. The number of nitro benzene ring substituents is 1. The molecule has 9 heteroatoms. The van der Waals surface area contributed by atoms with Gasteiger partial charge in [0.25, 0.3) is 11.6 Å². The van der Waals surface area contributed by atoms with Gasteiger partial charge in [0.1, 0.15) is 6.61 Å². The van der Waals surface area contributed by atoms with Gasteiger partial charge in [-0.05, 0) is 67.1 Å². The van der Waals surface area contributed by atoms with Gasteiger partial charge in [0.2, 0.25) is 0 Å². The van der Waals surface area contributed by atoms with Crippen molar-refractivity contribution >= 4 is 40.3 Å². The highest BCUT2D eigenvalue weighted by molar-refractivity contribution is 8.18. The topological polar surface area (TPSA) is 103 Å². The third-order valence-corrected chi connectivity index (χ3v) is 5.91. The zero-order valence-electron chi connectivity index (χ0n) is 19.2. The summed E-state index contributed by atoms with van der Waals surface area (Å²) < 4.78 is 11.6. The summed E-state index contributed by atoms with van der Waals surface area (Å²) in [4.78, 5) is 28.0. The molecule has 1 saturated heterocycles. The third-order valence-electron chi connectivity index (χ3n) is 5.00. The van der Waals surface area contributed by atoms with Crippen molar-refractivity contribution in [1.29, 1.82) is 0 Å². The Bertz CT molecular complexity index is 1320. The number of nitrogens with one attached hydrogen (secondary N) is 1. The number of benzene rings is 3. The van der Waals surface area contributed by atoms with Gasteiger partial charge in [0.05, 0.1) is 22.1 Å². The summed E-state index contributed by atoms with van der Waals surface area (Å²) in [6, 6.07) is 19.4. The summed E-state index contributed by atoms with van der Waals surface area (Å²) in [5, 5.41) is 14.3. The van der Waals surface area contributed by atoms with Crippen molar-refractivity contribution in [2.45, 2.75) is 20.5 Å². The average molecular weight is 490 g/mol. The van der Waals surface area contributed by atoms with E-state index in [0.717, 1.165) is 16.8 Å². The number of hydrogen-bond donors (Lipinski definition) is 1. The van der Waals surface area contributed by atoms with Crippen LogP contribution < -0.4 is 14.8 Å². The van der Waals surface area contributed by atoms with Crippen molar-refractivity contribution < 1.29 is 19.2 Å². The Labute approximate surface area is 206 Å². The highest BCUT2D eigenvalue weighted by atomic mass is 32.2. The molecule has 0 bridgehead atoms. The molecule has 0 unspecified atom stereocenters. The number of nitrogens with zero attached hydrogens (tertiary/aromatic N) is 2. The number of carbonyl (C=O) groups is 1. The lowest BCUT2D eigenvalue weighted by Crippen LogP contribution is -2.19. The minimum atomic E-state index is -0.439. The van der Waals surface area contributed by atoms with Crippen LogP contribution in [0.4, 0.5) is 11.4 Å². The molecule has 178 valence electrons. The molecule has 8 nitrogen and oxygen atoms in total. The van der Waals surface area contributed by atoms with Crippen molar-refractivity contribution in [3.8, 4) is 11.5 Å². The van der Waals surface area contributed by atoms with E-state index in [-0.39, 0.29) is 18.2 Å². The third kappa shape index (κ3) is 6.27. The summed E-state index contributed by atoms with van der Waals surface area (Å²) in [5.74, 6) is 0.805. The average Bonchev–Trinajstić information content (AvgIpc) is 3.18. The van der Waals surface area contributed by atoms with Crippen LogP contribution >= 0.6 is 11.8 Å². The quantitative estimate of drug-likeness (QED) is 0.245. The molecule has 1 aliphatic rings. The molecule has 0 atom stereocenters. The highest BCUT2D eigenvalue weighted by Crippen LogP contribution is 2.33. The van der Waals surface area contributed by atoms with Gasteiger partial charge in [0, 0.05) is 12.1 Å². The van der Waals surface area contributed by atoms with E-state index in [0.29, 0.717) is 33.7 Å². The van der Waals surface area contributed by atoms with Crippen molar-refractivity contribution in [1.82, 2.24) is 5.32 Å². The van der Waals surface area contributed by atoms with Crippen LogP contribution in [0, 0.1) is 17.0 Å². The number of rotatable bonds is 8. The van der Waals surface area contributed by atoms with E-state index in [9.17, 15) is 14.9 Å². The molecule has 1 N–H and O–H groups in total. The number of thioether (sulfide) groups is 1. The van der Waals surface area contributed by atoms with Crippen LogP contribution in [0.1, 0.15) is 23.6 Å². The van der Waals surface area contributed by atoms with Crippen molar-refractivity contribution in [2.24, 2.45) is 4.99 Å². The van der Waals surface area contributed by atoms with Crippen LogP contribution in [0.5, 0.6) is 11.5 Å². The van der Waals surface area contributed by atoms with Crippen molar-refractivity contribution in [3.63, 3.8) is 0 Å². The van der Waals surface area contributed by atoms with E-state index in [2.05, 4.69) is 10.3 Å². The van der Waals surface area contributed by atoms with Gasteiger partial charge in [-0.2, -0.15) is 0 Å². The Balaban J connectivity index is 1.50. The van der Waals surface area contributed by atoms with Crippen LogP contribution in [0.3, 0.4) is 0 Å². The SMILES string of the molecule is CCOc1cc(/C=C2/SC(=Nc3ccc(C)cc3)NC2=O)ccc1OCc1cccc([N+](=O)[O-])c1. The molecule has 1 heterocycles. The van der Waals surface area contributed by atoms with Gasteiger partial charge < -0.3 is 14.8 Å². The van der Waals surface area contributed by atoms with E-state index in [1.54, 1.807) is 30.3 Å². The molecule has 0 saturated carbocycles. The predicted octanol–water partition coefficient (Wildman–Crippen LogP) is 5.77. The van der Waals surface area contributed by atoms with Gasteiger partial charge in [-0.1, -0.05) is 35.9 Å². The van der Waals surface area contributed by atoms with Gasteiger partial charge in [-0.3, -0.25) is 14.9 Å². The maximum absolute atomic E-state index is 12.5. The fourth-order valence-corrected chi connectivity index (χ4v) is 4.13. The fraction of sp³-hybridized carbons (Fsp3) is 0.154. The van der Waals surface area contributed by atoms with E-state index in [4.69, 9.17) is 9.47 Å². The summed E-state index contributed by atoms with van der Waals surface area (Å²) in [7, 11) is 0. The molecule has 0 radical (unpaired) electrons. The Hall–Kier alpha value is -4.11. The first kappa shape index (κ1) is 24.0. The molecule has 0 spiro atoms. The molecule has 1 fully saturated rings. The van der Waals surface area contributed by atoms with Crippen molar-refractivity contribution in [3.05, 3.63) is 98.4 Å². The monoisotopic (exact) mass is 489 g/mol. The number of carbonyl (C=O) groups excluding carboxylic acids is 1. The Morgan fingerprint density at radius 1 is 1.06 bits per heavy atom. The maximum Gasteiger partial charge on any atom is 0.269 e. The summed E-state index contributed by atoms with van der Waals surface area (Å²) in [6.07, 6.45) is 1.77. The van der Waals surface area contributed by atoms with Crippen LogP contribution in [-0.4, -0.2) is 22.6 Å². The highest BCUT2D eigenvalue weighted by Gasteiger charge is 2.24. The second kappa shape index (κ2) is 10.9. The minimum absolute atomic E-state index is 0.00994. The summed E-state index contributed by atoms with van der Waals surface area (Å²) >= 11 is 1.27. The van der Waals surface area contributed by atoms with Gasteiger partial charge in [0.15, 0.2) is 16.7 Å². The normalized spacial score (nSPS) is 15.3. The molecule has 0 aromatic heterocycles. The molecule has 3 aromatic rings. The first-order chi connectivity index (χ1) is 16.9. The first-order valence-electron chi connectivity index (χ1n) is 10.9. The standard InChI is InChI=1S/C26H23N3O5S/c1-3-33-23-14-18(9-12-22(23)34-16-19-5-4-6-21(13-19)29(31)32)15-24-25(30)28-26(35-24)27-20-10-7-17(2)8-11-20/h4-15H,3,16H2,1-2H3,(H,27,28,30)/b24-15+. The lowest BCUT2D eigenvalue weighted by molar-refractivity contribution is -0.384. The van der Waals surface area contributed by atoms with E-state index >= 15 is 0 Å². The van der Waals surface area contributed by atoms with Crippen LogP contribution in [0.25, 0.3) is 6.08 Å². The van der Waals surface area contributed by atoms with E-state index in [1.807, 2.05) is 44.2 Å². The summed E-state index contributed by atoms with van der Waals surface area (Å²) in [5.41, 5.74) is 3.36. The van der Waals surface area contributed by atoms with E-state index in [1.165, 1.54) is 23.9 Å². The fourth-order valence-electron chi connectivity index (χ4n) is 3.29. The molecular weight excluding hydrogens is 466 g/mol. The molecule has 35 heavy (non-hydrogen) atoms. The largest absolute Gasteiger partial charge is 0.490 e. The Kier molecular flexibility index (Phi) is 7.47. The second-order valence-corrected chi connectivity index (χ2v) is 8.70. The number of amidine groups is 1. The maximum atomic E-state index is 12.5. The van der Waals surface area contributed by atoms with Crippen LogP contribution in [-0.2, 0) is 11.4 Å². The van der Waals surface area contributed by atoms with Gasteiger partial charge in [-0.15, -0.1) is 0 Å². The molecule has 1 amide bonds. The molecule has 1 aliphatic heterocycles. The van der Waals surface area contributed by atoms with Crippen LogP contribution in [0.2, 0.25) is 0 Å². The number of amides is 1. The Morgan fingerprint density at radius 3 is 2.60 bits per heavy atom. The zero-order valence-corrected chi connectivity index (χ0v) is 20.0. The number of non-ortho nitro benzene ring substituents is 1. The number of ether oxygens (including phenoxy) is 2. The summed E-state index contributed by atoms with van der Waals surface area (Å²) in [6.45, 7) is 4.45. The van der Waals surface area contributed by atoms with Gasteiger partial charge in [-0.25, -0.2) is 4.99 Å². The smallest absolute Gasteiger partial charge is 0.269 e.